The van der Waals surface area contributed by atoms with Crippen molar-refractivity contribution in [3.05, 3.63) is 58.2 Å². The van der Waals surface area contributed by atoms with Crippen LogP contribution >= 0.6 is 11.6 Å². The summed E-state index contributed by atoms with van der Waals surface area (Å²) in [6, 6.07) is 10.9. The van der Waals surface area contributed by atoms with Crippen LogP contribution < -0.4 is 14.8 Å². The number of carbonyl (C=O) groups excluding carboxylic acids is 1. The van der Waals surface area contributed by atoms with Gasteiger partial charge in [0.25, 0.3) is 5.91 Å². The first-order valence-electron chi connectivity index (χ1n) is 8.19. The van der Waals surface area contributed by atoms with E-state index in [2.05, 4.69) is 5.32 Å². The number of ether oxygens (including phenoxy) is 2. The topological polar surface area (TPSA) is 52.5 Å². The van der Waals surface area contributed by atoms with Crippen LogP contribution in [0.5, 0.6) is 11.5 Å². The molecule has 0 bridgehead atoms. The van der Waals surface area contributed by atoms with Crippen molar-refractivity contribution in [1.29, 1.82) is 0 Å². The highest BCUT2D eigenvalue weighted by molar-refractivity contribution is 6.31. The average Bonchev–Trinajstić information content (AvgIpc) is 3.21. The molecule has 0 amide bonds. The number of aromatic nitrogens is 1. The highest BCUT2D eigenvalue weighted by atomic mass is 35.5. The molecule has 5 nitrogen and oxygen atoms in total. The zero-order valence-corrected chi connectivity index (χ0v) is 14.1. The van der Waals surface area contributed by atoms with E-state index in [1.807, 2.05) is 12.1 Å². The third-order valence-electron chi connectivity index (χ3n) is 4.79. The number of halogens is 1. The molecule has 0 aliphatic carbocycles. The molecule has 2 aliphatic rings. The normalized spacial score (nSPS) is 15.4. The summed E-state index contributed by atoms with van der Waals surface area (Å²) < 4.78 is 12.8. The first-order valence-corrected chi connectivity index (χ1v) is 8.57. The van der Waals surface area contributed by atoms with Gasteiger partial charge in [-0.05, 0) is 29.8 Å². The lowest BCUT2D eigenvalue weighted by Gasteiger charge is -2.16. The first kappa shape index (κ1) is 14.8. The number of benzene rings is 2. The molecule has 2 aromatic carbocycles. The number of nitrogens with zero attached hydrogens (tertiary/aromatic N) is 1. The van der Waals surface area contributed by atoms with Gasteiger partial charge in [0.2, 0.25) is 6.79 Å². The fourth-order valence-corrected chi connectivity index (χ4v) is 3.85. The van der Waals surface area contributed by atoms with E-state index >= 15 is 0 Å². The zero-order valence-electron chi connectivity index (χ0n) is 13.3. The van der Waals surface area contributed by atoms with E-state index in [4.69, 9.17) is 21.1 Å². The van der Waals surface area contributed by atoms with Crippen LogP contribution in [-0.2, 0) is 13.0 Å². The fourth-order valence-electron chi connectivity index (χ4n) is 3.66. The van der Waals surface area contributed by atoms with Crippen molar-refractivity contribution in [2.24, 2.45) is 0 Å². The maximum absolute atomic E-state index is 13.3. The Morgan fingerprint density at radius 2 is 2.00 bits per heavy atom. The van der Waals surface area contributed by atoms with Gasteiger partial charge in [-0.25, -0.2) is 0 Å². The smallest absolute Gasteiger partial charge is 0.262 e. The molecule has 0 saturated heterocycles. The Kier molecular flexibility index (Phi) is 3.26. The standard InChI is InChI=1S/C19H15ClN2O3/c20-12-3-1-2-11(6-12)19(23)22-15-4-5-21-9-14(15)13-7-17-18(8-16(13)22)25-10-24-17/h1-3,6-8,21H,4-5,9-10H2. The van der Waals surface area contributed by atoms with Gasteiger partial charge in [-0.1, -0.05) is 17.7 Å². The summed E-state index contributed by atoms with van der Waals surface area (Å²) in [6.45, 7) is 1.80. The van der Waals surface area contributed by atoms with Gasteiger partial charge in [-0.2, -0.15) is 0 Å². The number of hydrogen-bond donors (Lipinski definition) is 1. The lowest BCUT2D eigenvalue weighted by Crippen LogP contribution is -2.26. The van der Waals surface area contributed by atoms with Crippen LogP contribution in [0.2, 0.25) is 5.02 Å². The molecule has 6 heteroatoms. The molecule has 2 aliphatic heterocycles. The minimum atomic E-state index is -0.0745. The number of rotatable bonds is 1. The van der Waals surface area contributed by atoms with E-state index in [-0.39, 0.29) is 12.7 Å². The summed E-state index contributed by atoms with van der Waals surface area (Å²) in [4.78, 5) is 13.3. The quantitative estimate of drug-likeness (QED) is 0.728. The van der Waals surface area contributed by atoms with Crippen molar-refractivity contribution in [3.8, 4) is 11.5 Å². The number of carbonyl (C=O) groups is 1. The molecule has 25 heavy (non-hydrogen) atoms. The predicted octanol–water partition coefficient (Wildman–Crippen LogP) is 3.36. The van der Waals surface area contributed by atoms with Crippen molar-refractivity contribution >= 4 is 28.4 Å². The second kappa shape index (κ2) is 5.51. The number of nitrogens with one attached hydrogen (secondary N) is 1. The highest BCUT2D eigenvalue weighted by Gasteiger charge is 2.27. The Hall–Kier alpha value is -2.50. The zero-order chi connectivity index (χ0) is 17.0. The summed E-state index contributed by atoms with van der Waals surface area (Å²) in [6.07, 6.45) is 0.794. The Morgan fingerprint density at radius 3 is 2.84 bits per heavy atom. The van der Waals surface area contributed by atoms with Crippen LogP contribution in [0.25, 0.3) is 10.9 Å². The largest absolute Gasteiger partial charge is 0.454 e. The Labute approximate surface area is 149 Å². The van der Waals surface area contributed by atoms with Gasteiger partial charge in [0, 0.05) is 47.2 Å². The summed E-state index contributed by atoms with van der Waals surface area (Å²) in [5.41, 5.74) is 3.61. The van der Waals surface area contributed by atoms with Gasteiger partial charge in [-0.3, -0.25) is 9.36 Å². The van der Waals surface area contributed by atoms with Crippen molar-refractivity contribution in [2.75, 3.05) is 13.3 Å². The van der Waals surface area contributed by atoms with Gasteiger partial charge in [0.15, 0.2) is 11.5 Å². The van der Waals surface area contributed by atoms with Crippen molar-refractivity contribution in [3.63, 3.8) is 0 Å². The van der Waals surface area contributed by atoms with E-state index in [0.717, 1.165) is 47.4 Å². The van der Waals surface area contributed by atoms with Crippen molar-refractivity contribution < 1.29 is 14.3 Å². The molecular weight excluding hydrogens is 340 g/mol. The summed E-state index contributed by atoms with van der Waals surface area (Å²) >= 11 is 6.08. The summed E-state index contributed by atoms with van der Waals surface area (Å²) in [5, 5.41) is 4.96. The van der Waals surface area contributed by atoms with Crippen molar-refractivity contribution in [1.82, 2.24) is 9.88 Å². The number of fused-ring (bicyclic) bond motifs is 4. The van der Waals surface area contributed by atoms with E-state index in [1.54, 1.807) is 28.8 Å². The summed E-state index contributed by atoms with van der Waals surface area (Å²) in [5.74, 6) is 1.33. The Bertz CT molecular complexity index is 1030. The molecular formula is C19H15ClN2O3. The second-order valence-corrected chi connectivity index (χ2v) is 6.66. The van der Waals surface area contributed by atoms with E-state index in [1.165, 1.54) is 0 Å². The van der Waals surface area contributed by atoms with Crippen LogP contribution in [0.3, 0.4) is 0 Å². The molecule has 0 saturated carbocycles. The highest BCUT2D eigenvalue weighted by Crippen LogP contribution is 2.40. The average molecular weight is 355 g/mol. The predicted molar refractivity (Wildman–Crippen MR) is 94.7 cm³/mol. The van der Waals surface area contributed by atoms with Gasteiger partial charge in [-0.15, -0.1) is 0 Å². The van der Waals surface area contributed by atoms with Gasteiger partial charge >= 0.3 is 0 Å². The maximum atomic E-state index is 13.3. The number of hydrogen-bond acceptors (Lipinski definition) is 4. The lowest BCUT2D eigenvalue weighted by atomic mass is 10.1. The van der Waals surface area contributed by atoms with E-state index < -0.39 is 0 Å². The minimum Gasteiger partial charge on any atom is -0.454 e. The molecule has 126 valence electrons. The van der Waals surface area contributed by atoms with Gasteiger partial charge < -0.3 is 14.8 Å². The Balaban J connectivity index is 1.78. The molecule has 5 rings (SSSR count). The second-order valence-electron chi connectivity index (χ2n) is 6.23. The monoisotopic (exact) mass is 354 g/mol. The molecule has 0 unspecified atom stereocenters. The lowest BCUT2D eigenvalue weighted by molar-refractivity contribution is 0.0961. The maximum Gasteiger partial charge on any atom is 0.262 e. The fraction of sp³-hybridized carbons (Fsp3) is 0.211. The molecule has 0 fully saturated rings. The minimum absolute atomic E-state index is 0.0745. The van der Waals surface area contributed by atoms with Crippen LogP contribution in [-0.4, -0.2) is 23.8 Å². The van der Waals surface area contributed by atoms with E-state index in [9.17, 15) is 4.79 Å². The SMILES string of the molecule is O=C(c1cccc(Cl)c1)n1c2c(c3cc4c(cc31)OCO4)CNCC2. The van der Waals surface area contributed by atoms with Crippen LogP contribution in [0.4, 0.5) is 0 Å². The molecule has 1 aromatic heterocycles. The van der Waals surface area contributed by atoms with E-state index in [0.29, 0.717) is 16.3 Å². The molecule has 3 heterocycles. The van der Waals surface area contributed by atoms with Crippen molar-refractivity contribution in [2.45, 2.75) is 13.0 Å². The molecule has 0 radical (unpaired) electrons. The molecule has 1 N–H and O–H groups in total. The molecule has 3 aromatic rings. The van der Waals surface area contributed by atoms with Crippen LogP contribution in [0.1, 0.15) is 21.6 Å². The Morgan fingerprint density at radius 1 is 1.16 bits per heavy atom. The molecule has 0 spiro atoms. The van der Waals surface area contributed by atoms with Gasteiger partial charge in [0.1, 0.15) is 0 Å². The van der Waals surface area contributed by atoms with Gasteiger partial charge in [0.05, 0.1) is 5.52 Å². The first-order chi connectivity index (χ1) is 12.2. The third-order valence-corrected chi connectivity index (χ3v) is 5.03. The van der Waals surface area contributed by atoms with Crippen LogP contribution in [0, 0.1) is 0 Å². The molecule has 0 atom stereocenters. The summed E-state index contributed by atoms with van der Waals surface area (Å²) in [7, 11) is 0. The van der Waals surface area contributed by atoms with Crippen LogP contribution in [0.15, 0.2) is 36.4 Å². The third kappa shape index (κ3) is 2.23.